The van der Waals surface area contributed by atoms with Crippen LogP contribution in [0.1, 0.15) is 25.8 Å². The second-order valence-corrected chi connectivity index (χ2v) is 9.72. The number of halogens is 3. The van der Waals surface area contributed by atoms with Gasteiger partial charge in [0.2, 0.25) is 10.0 Å². The lowest BCUT2D eigenvalue weighted by Crippen LogP contribution is -2.46. The van der Waals surface area contributed by atoms with Crippen LogP contribution in [0.5, 0.6) is 0 Å². The first-order valence-electron chi connectivity index (χ1n) is 9.71. The van der Waals surface area contributed by atoms with Crippen molar-refractivity contribution in [3.8, 4) is 11.1 Å². The third-order valence-electron chi connectivity index (χ3n) is 5.05. The minimum atomic E-state index is -4.43. The summed E-state index contributed by atoms with van der Waals surface area (Å²) in [5.41, 5.74) is 0.304. The van der Waals surface area contributed by atoms with Gasteiger partial charge in [0.15, 0.2) is 0 Å². The van der Waals surface area contributed by atoms with Crippen LogP contribution < -0.4 is 0 Å². The summed E-state index contributed by atoms with van der Waals surface area (Å²) in [6.45, 7) is 3.81. The highest BCUT2D eigenvalue weighted by atomic mass is 32.2. The number of benzene rings is 2. The van der Waals surface area contributed by atoms with Gasteiger partial charge in [-0.25, -0.2) is 13.5 Å². The number of nitrogens with zero attached hydrogens (tertiary/aromatic N) is 2. The fraction of sp³-hybridized carbons (Fsp3) is 0.381. The summed E-state index contributed by atoms with van der Waals surface area (Å²) in [6.07, 6.45) is -4.25. The quantitative estimate of drug-likeness (QED) is 0.667. The maximum Gasteiger partial charge on any atom is 0.416 e. The van der Waals surface area contributed by atoms with Crippen LogP contribution in [0.3, 0.4) is 0 Å². The van der Waals surface area contributed by atoms with E-state index in [2.05, 4.69) is 0 Å². The Kier molecular flexibility index (Phi) is 6.45. The van der Waals surface area contributed by atoms with Gasteiger partial charge >= 0.3 is 6.18 Å². The van der Waals surface area contributed by atoms with Gasteiger partial charge in [0.25, 0.3) is 5.91 Å². The van der Waals surface area contributed by atoms with Crippen LogP contribution in [0.4, 0.5) is 13.2 Å². The molecule has 0 spiro atoms. The second-order valence-electron chi connectivity index (χ2n) is 7.83. The fourth-order valence-electron chi connectivity index (χ4n) is 3.48. The molecule has 6 nitrogen and oxygen atoms in total. The Hall–Kier alpha value is -2.43. The number of hydrogen-bond donors (Lipinski definition) is 1. The molecule has 1 amide bonds. The normalized spacial score (nSPS) is 17.7. The van der Waals surface area contributed by atoms with Gasteiger partial charge in [-0.05, 0) is 47.7 Å². The summed E-state index contributed by atoms with van der Waals surface area (Å²) < 4.78 is 65.8. The first-order valence-corrected chi connectivity index (χ1v) is 11.1. The van der Waals surface area contributed by atoms with Crippen molar-refractivity contribution in [2.75, 3.05) is 13.1 Å². The number of rotatable bonds is 6. The van der Waals surface area contributed by atoms with E-state index < -0.39 is 33.7 Å². The molecule has 1 fully saturated rings. The van der Waals surface area contributed by atoms with Crippen molar-refractivity contribution in [3.63, 3.8) is 0 Å². The summed E-state index contributed by atoms with van der Waals surface area (Å²) in [5.74, 6) is -0.715. The maximum absolute atomic E-state index is 13.3. The smallest absolute Gasteiger partial charge is 0.286 e. The van der Waals surface area contributed by atoms with E-state index in [1.54, 1.807) is 0 Å². The van der Waals surface area contributed by atoms with Gasteiger partial charge in [-0.15, -0.1) is 0 Å². The van der Waals surface area contributed by atoms with Crippen molar-refractivity contribution in [2.24, 2.45) is 5.92 Å². The average Bonchev–Trinajstić information content (AvgIpc) is 3.04. The van der Waals surface area contributed by atoms with Gasteiger partial charge in [-0.2, -0.15) is 17.5 Å². The van der Waals surface area contributed by atoms with Gasteiger partial charge in [0, 0.05) is 6.54 Å². The van der Waals surface area contributed by atoms with E-state index in [0.717, 1.165) is 16.4 Å². The van der Waals surface area contributed by atoms with Crippen LogP contribution in [0.2, 0.25) is 0 Å². The summed E-state index contributed by atoms with van der Waals surface area (Å²) in [5, 5.41) is 10.1. The third kappa shape index (κ3) is 4.91. The molecule has 1 aliphatic heterocycles. The molecule has 2 aromatic carbocycles. The molecule has 1 saturated heterocycles. The number of carbonyl (C=O) groups is 1. The molecule has 0 saturated carbocycles. The van der Waals surface area contributed by atoms with Crippen molar-refractivity contribution in [3.05, 3.63) is 54.1 Å². The molecule has 31 heavy (non-hydrogen) atoms. The molecule has 0 aromatic heterocycles. The van der Waals surface area contributed by atoms with Gasteiger partial charge in [-0.3, -0.25) is 10.0 Å². The van der Waals surface area contributed by atoms with E-state index in [4.69, 9.17) is 0 Å². The van der Waals surface area contributed by atoms with Gasteiger partial charge in [-0.1, -0.05) is 38.1 Å². The molecule has 0 unspecified atom stereocenters. The highest BCUT2D eigenvalue weighted by Crippen LogP contribution is 2.32. The number of hydrogen-bond acceptors (Lipinski definition) is 4. The Morgan fingerprint density at radius 2 is 1.58 bits per heavy atom. The SMILES string of the molecule is CC(C)CN([C@@H]1CCN(O)C1=O)S(=O)(=O)c1ccc(-c2ccc(C(F)(F)F)cc2)cc1. The van der Waals surface area contributed by atoms with Crippen molar-refractivity contribution < 1.29 is 31.6 Å². The monoisotopic (exact) mass is 456 g/mol. The van der Waals surface area contributed by atoms with Crippen LogP contribution in [0.25, 0.3) is 11.1 Å². The van der Waals surface area contributed by atoms with Crippen LogP contribution in [0.15, 0.2) is 53.4 Å². The van der Waals surface area contributed by atoms with Crippen molar-refractivity contribution in [1.29, 1.82) is 0 Å². The standard InChI is InChI=1S/C21H23F3N2O4S/c1-14(2)13-26(19-11-12-25(28)20(19)27)31(29,30)18-9-5-16(6-10-18)15-3-7-17(8-4-15)21(22,23)24/h3-10,14,19,28H,11-13H2,1-2H3/t19-/m1/s1. The van der Waals surface area contributed by atoms with Crippen LogP contribution >= 0.6 is 0 Å². The average molecular weight is 456 g/mol. The van der Waals surface area contributed by atoms with Gasteiger partial charge in [0.05, 0.1) is 17.0 Å². The molecule has 168 valence electrons. The summed E-state index contributed by atoms with van der Waals surface area (Å²) in [4.78, 5) is 12.2. The first kappa shape index (κ1) is 23.2. The minimum absolute atomic E-state index is 0.0343. The second kappa shape index (κ2) is 8.60. The molecule has 0 aliphatic carbocycles. The Labute approximate surface area is 178 Å². The van der Waals surface area contributed by atoms with E-state index in [9.17, 15) is 31.6 Å². The van der Waals surface area contributed by atoms with Crippen molar-refractivity contribution in [2.45, 2.75) is 37.4 Å². The molecule has 1 heterocycles. The molecule has 1 aliphatic rings. The Balaban J connectivity index is 1.89. The van der Waals surface area contributed by atoms with Crippen molar-refractivity contribution in [1.82, 2.24) is 9.37 Å². The maximum atomic E-state index is 13.3. The molecule has 10 heteroatoms. The molecular formula is C21H23F3N2O4S. The highest BCUT2D eigenvalue weighted by Gasteiger charge is 2.42. The van der Waals surface area contributed by atoms with E-state index in [0.29, 0.717) is 16.2 Å². The van der Waals surface area contributed by atoms with Gasteiger partial charge in [0.1, 0.15) is 6.04 Å². The number of sulfonamides is 1. The first-order chi connectivity index (χ1) is 14.4. The number of alkyl halides is 3. The van der Waals surface area contributed by atoms with Crippen molar-refractivity contribution >= 4 is 15.9 Å². The van der Waals surface area contributed by atoms with E-state index >= 15 is 0 Å². The lowest BCUT2D eigenvalue weighted by Gasteiger charge is -2.28. The lowest BCUT2D eigenvalue weighted by atomic mass is 10.0. The molecule has 2 aromatic rings. The summed E-state index contributed by atoms with van der Waals surface area (Å²) in [6, 6.07) is 9.36. The molecule has 1 atom stereocenters. The minimum Gasteiger partial charge on any atom is -0.286 e. The predicted molar refractivity (Wildman–Crippen MR) is 108 cm³/mol. The van der Waals surface area contributed by atoms with Gasteiger partial charge < -0.3 is 0 Å². The zero-order chi connectivity index (χ0) is 23.0. The Morgan fingerprint density at radius 1 is 1.06 bits per heavy atom. The number of carbonyl (C=O) groups excluding carboxylic acids is 1. The largest absolute Gasteiger partial charge is 0.416 e. The summed E-state index contributed by atoms with van der Waals surface area (Å²) >= 11 is 0. The number of hydroxylamine groups is 2. The Morgan fingerprint density at radius 3 is 2.00 bits per heavy atom. The topological polar surface area (TPSA) is 77.9 Å². The fourth-order valence-corrected chi connectivity index (χ4v) is 5.25. The van der Waals surface area contributed by atoms with E-state index in [-0.39, 0.29) is 30.3 Å². The van der Waals surface area contributed by atoms with Crippen LogP contribution in [-0.2, 0) is 21.0 Å². The third-order valence-corrected chi connectivity index (χ3v) is 6.94. The molecule has 0 radical (unpaired) electrons. The van der Waals surface area contributed by atoms with E-state index in [1.165, 1.54) is 36.4 Å². The van der Waals surface area contributed by atoms with Crippen LogP contribution in [-0.4, -0.2) is 48.0 Å². The molecular weight excluding hydrogens is 433 g/mol. The highest BCUT2D eigenvalue weighted by molar-refractivity contribution is 7.89. The zero-order valence-corrected chi connectivity index (χ0v) is 17.8. The predicted octanol–water partition coefficient (Wildman–Crippen LogP) is 4.01. The van der Waals surface area contributed by atoms with Crippen LogP contribution in [0, 0.1) is 5.92 Å². The Bertz CT molecular complexity index is 1040. The molecule has 3 rings (SSSR count). The van der Waals surface area contributed by atoms with E-state index in [1.807, 2.05) is 13.8 Å². The molecule has 0 bridgehead atoms. The molecule has 1 N–H and O–H groups in total. The zero-order valence-electron chi connectivity index (χ0n) is 17.0. The lowest BCUT2D eigenvalue weighted by molar-refractivity contribution is -0.159. The summed E-state index contributed by atoms with van der Waals surface area (Å²) in [7, 11) is -4.03. The number of amides is 1.